The highest BCUT2D eigenvalue weighted by Gasteiger charge is 2.30. The van der Waals surface area contributed by atoms with Crippen molar-refractivity contribution in [2.24, 2.45) is 0 Å². The van der Waals surface area contributed by atoms with Gasteiger partial charge in [-0.15, -0.1) is 0 Å². The van der Waals surface area contributed by atoms with Crippen LogP contribution in [0.3, 0.4) is 0 Å². The fourth-order valence-corrected chi connectivity index (χ4v) is 3.77. The molecule has 0 aliphatic carbocycles. The summed E-state index contributed by atoms with van der Waals surface area (Å²) in [6, 6.07) is 11.8. The molecule has 4 nitrogen and oxygen atoms in total. The topological polar surface area (TPSA) is 49.4 Å². The van der Waals surface area contributed by atoms with Crippen LogP contribution in [0.15, 0.2) is 42.5 Å². The van der Waals surface area contributed by atoms with Crippen molar-refractivity contribution in [3.8, 4) is 0 Å². The molecule has 2 aromatic carbocycles. The molecule has 2 rings (SSSR count). The highest BCUT2D eigenvalue weighted by Crippen LogP contribution is 2.24. The Morgan fingerprint density at radius 1 is 0.967 bits per heavy atom. The van der Waals surface area contributed by atoms with Crippen molar-refractivity contribution in [3.63, 3.8) is 0 Å². The molecule has 0 saturated carbocycles. The number of hydrogen-bond acceptors (Lipinski definition) is 2. The lowest BCUT2D eigenvalue weighted by Crippen LogP contribution is -2.51. The third-order valence-corrected chi connectivity index (χ3v) is 6.00. The number of nitrogens with one attached hydrogen (secondary N) is 1. The van der Waals surface area contributed by atoms with E-state index >= 15 is 0 Å². The number of rotatable bonds is 9. The Balaban J connectivity index is 2.34. The van der Waals surface area contributed by atoms with E-state index in [1.165, 1.54) is 0 Å². The van der Waals surface area contributed by atoms with Crippen LogP contribution >= 0.6 is 34.8 Å². The molecule has 0 fully saturated rings. The van der Waals surface area contributed by atoms with Crippen molar-refractivity contribution in [2.75, 3.05) is 0 Å². The number of halogens is 3. The highest BCUT2D eigenvalue weighted by atomic mass is 35.5. The summed E-state index contributed by atoms with van der Waals surface area (Å²) in [5.74, 6) is -0.375. The maximum Gasteiger partial charge on any atom is 0.243 e. The Labute approximate surface area is 193 Å². The smallest absolute Gasteiger partial charge is 0.243 e. The zero-order chi connectivity index (χ0) is 22.3. The molecule has 7 heteroatoms. The Hall–Kier alpha value is -1.75. The maximum atomic E-state index is 13.3. The van der Waals surface area contributed by atoms with Gasteiger partial charge in [0, 0.05) is 27.7 Å². The van der Waals surface area contributed by atoms with Gasteiger partial charge in [0.25, 0.3) is 0 Å². The third-order valence-electron chi connectivity index (χ3n) is 5.04. The first-order chi connectivity index (χ1) is 14.3. The quantitative estimate of drug-likeness (QED) is 0.496. The molecule has 0 unspecified atom stereocenters. The summed E-state index contributed by atoms with van der Waals surface area (Å²) in [6.45, 7) is 6.07. The zero-order valence-corrected chi connectivity index (χ0v) is 19.7. The van der Waals surface area contributed by atoms with Crippen LogP contribution in [-0.4, -0.2) is 28.8 Å². The van der Waals surface area contributed by atoms with Crippen molar-refractivity contribution in [1.29, 1.82) is 0 Å². The van der Waals surface area contributed by atoms with Crippen LogP contribution in [0.4, 0.5) is 0 Å². The molecule has 162 valence electrons. The predicted molar refractivity (Wildman–Crippen MR) is 124 cm³/mol. The summed E-state index contributed by atoms with van der Waals surface area (Å²) in [5.41, 5.74) is 1.44. The van der Waals surface area contributed by atoms with Crippen LogP contribution in [0.25, 0.3) is 0 Å². The van der Waals surface area contributed by atoms with Crippen molar-refractivity contribution in [2.45, 2.75) is 58.7 Å². The lowest BCUT2D eigenvalue weighted by molar-refractivity contribution is -0.141. The van der Waals surface area contributed by atoms with Gasteiger partial charge in [-0.3, -0.25) is 9.59 Å². The van der Waals surface area contributed by atoms with Gasteiger partial charge in [-0.05, 0) is 49.1 Å². The lowest BCUT2D eigenvalue weighted by atomic mass is 10.1. The van der Waals surface area contributed by atoms with Crippen LogP contribution in [0.2, 0.25) is 15.1 Å². The minimum atomic E-state index is -0.617. The molecular formula is C23H27Cl3N2O2. The first kappa shape index (κ1) is 24.5. The van der Waals surface area contributed by atoms with Gasteiger partial charge in [0.1, 0.15) is 6.04 Å². The number of carbonyl (C=O) groups excluding carboxylic acids is 2. The van der Waals surface area contributed by atoms with Gasteiger partial charge in [0.15, 0.2) is 0 Å². The first-order valence-electron chi connectivity index (χ1n) is 10.0. The normalized spacial score (nSPS) is 12.9. The second-order valence-corrected chi connectivity index (χ2v) is 8.52. The van der Waals surface area contributed by atoms with Gasteiger partial charge >= 0.3 is 0 Å². The molecule has 0 aliphatic rings. The number of hydrogen-bond donors (Lipinski definition) is 1. The molecule has 2 atom stereocenters. The Morgan fingerprint density at radius 2 is 1.67 bits per heavy atom. The number of benzene rings is 2. The lowest BCUT2D eigenvalue weighted by Gasteiger charge is -2.32. The standard InChI is InChI=1S/C23H27Cl3N2O2/c1-4-15(3)27-23(30)21(5-2)28(14-17-8-6-7-9-19(17)25)22(29)12-16-10-11-18(24)13-20(16)26/h6-11,13,15,21H,4-5,12,14H2,1-3H3,(H,27,30)/t15-,21+/m1/s1. The fourth-order valence-electron chi connectivity index (χ4n) is 3.10. The van der Waals surface area contributed by atoms with Crippen molar-refractivity contribution in [1.82, 2.24) is 10.2 Å². The molecule has 2 amide bonds. The summed E-state index contributed by atoms with van der Waals surface area (Å²) < 4.78 is 0. The van der Waals surface area contributed by atoms with E-state index in [2.05, 4.69) is 5.32 Å². The molecule has 0 heterocycles. The second kappa shape index (κ2) is 11.6. The van der Waals surface area contributed by atoms with Crippen molar-refractivity contribution in [3.05, 3.63) is 68.7 Å². The zero-order valence-electron chi connectivity index (χ0n) is 17.4. The summed E-state index contributed by atoms with van der Waals surface area (Å²) in [4.78, 5) is 27.9. The van der Waals surface area contributed by atoms with E-state index in [0.717, 1.165) is 12.0 Å². The molecule has 30 heavy (non-hydrogen) atoms. The van der Waals surface area contributed by atoms with E-state index in [-0.39, 0.29) is 30.8 Å². The molecule has 0 aliphatic heterocycles. The van der Waals surface area contributed by atoms with Gasteiger partial charge < -0.3 is 10.2 Å². The van der Waals surface area contributed by atoms with Crippen molar-refractivity contribution >= 4 is 46.6 Å². The van der Waals surface area contributed by atoms with E-state index in [4.69, 9.17) is 34.8 Å². The van der Waals surface area contributed by atoms with E-state index in [1.807, 2.05) is 39.0 Å². The minimum absolute atomic E-state index is 0.0227. The molecular weight excluding hydrogens is 443 g/mol. The van der Waals surface area contributed by atoms with Gasteiger partial charge in [-0.2, -0.15) is 0 Å². The monoisotopic (exact) mass is 468 g/mol. The molecule has 0 saturated heterocycles. The van der Waals surface area contributed by atoms with E-state index in [9.17, 15) is 9.59 Å². The Bertz CT molecular complexity index is 889. The summed E-state index contributed by atoms with van der Waals surface area (Å²) >= 11 is 18.6. The van der Waals surface area contributed by atoms with Crippen LogP contribution in [0.5, 0.6) is 0 Å². The maximum absolute atomic E-state index is 13.3. The molecule has 1 N–H and O–H groups in total. The van der Waals surface area contributed by atoms with E-state index < -0.39 is 6.04 Å². The van der Waals surface area contributed by atoms with Gasteiger partial charge in [-0.1, -0.05) is 72.9 Å². The van der Waals surface area contributed by atoms with Crippen LogP contribution in [0.1, 0.15) is 44.7 Å². The van der Waals surface area contributed by atoms with Gasteiger partial charge in [0.05, 0.1) is 6.42 Å². The number of amides is 2. The van der Waals surface area contributed by atoms with Crippen LogP contribution in [0, 0.1) is 0 Å². The third kappa shape index (κ3) is 6.63. The second-order valence-electron chi connectivity index (χ2n) is 7.27. The van der Waals surface area contributed by atoms with Crippen LogP contribution in [-0.2, 0) is 22.6 Å². The highest BCUT2D eigenvalue weighted by molar-refractivity contribution is 6.35. The Morgan fingerprint density at radius 3 is 2.27 bits per heavy atom. The summed E-state index contributed by atoms with van der Waals surface area (Å²) in [7, 11) is 0. The molecule has 2 aromatic rings. The van der Waals surface area contributed by atoms with Crippen LogP contribution < -0.4 is 5.32 Å². The molecule has 0 spiro atoms. The summed E-state index contributed by atoms with van der Waals surface area (Å²) in [6.07, 6.45) is 1.35. The summed E-state index contributed by atoms with van der Waals surface area (Å²) in [5, 5.41) is 4.47. The number of nitrogens with zero attached hydrogens (tertiary/aromatic N) is 1. The fraction of sp³-hybridized carbons (Fsp3) is 0.391. The van der Waals surface area contributed by atoms with Gasteiger partial charge in [0.2, 0.25) is 11.8 Å². The SMILES string of the molecule is CC[C@@H](C)NC(=O)[C@H](CC)N(Cc1ccccc1Cl)C(=O)Cc1ccc(Cl)cc1Cl. The van der Waals surface area contributed by atoms with Crippen molar-refractivity contribution < 1.29 is 9.59 Å². The van der Waals surface area contributed by atoms with E-state index in [0.29, 0.717) is 27.1 Å². The molecule has 0 aromatic heterocycles. The first-order valence-corrected chi connectivity index (χ1v) is 11.2. The molecule has 0 bridgehead atoms. The average Bonchev–Trinajstić information content (AvgIpc) is 2.71. The predicted octanol–water partition coefficient (Wildman–Crippen LogP) is 5.91. The minimum Gasteiger partial charge on any atom is -0.352 e. The number of carbonyl (C=O) groups is 2. The molecule has 0 radical (unpaired) electrons. The average molecular weight is 470 g/mol. The van der Waals surface area contributed by atoms with Gasteiger partial charge in [-0.25, -0.2) is 0 Å². The Kier molecular flexibility index (Phi) is 9.47. The largest absolute Gasteiger partial charge is 0.352 e. The van der Waals surface area contributed by atoms with E-state index in [1.54, 1.807) is 29.2 Å².